The molecule has 0 spiro atoms. The smallest absolute Gasteiger partial charge is 0.253 e. The van der Waals surface area contributed by atoms with Gasteiger partial charge in [0.05, 0.1) is 13.5 Å². The molecule has 1 heterocycles. The van der Waals surface area contributed by atoms with E-state index in [2.05, 4.69) is 0 Å². The van der Waals surface area contributed by atoms with Crippen molar-refractivity contribution in [3.8, 4) is 5.75 Å². The van der Waals surface area contributed by atoms with Crippen LogP contribution in [0.4, 0.5) is 4.39 Å². The summed E-state index contributed by atoms with van der Waals surface area (Å²) in [7, 11) is 1.62. The van der Waals surface area contributed by atoms with E-state index in [1.807, 2.05) is 25.1 Å². The molecule has 1 saturated heterocycles. The minimum Gasteiger partial charge on any atom is -0.496 e. The first-order valence-corrected chi connectivity index (χ1v) is 8.94. The van der Waals surface area contributed by atoms with Gasteiger partial charge in [0, 0.05) is 31.7 Å². The van der Waals surface area contributed by atoms with Crippen LogP contribution in [0.1, 0.15) is 21.5 Å². The van der Waals surface area contributed by atoms with Crippen molar-refractivity contribution in [1.82, 2.24) is 9.80 Å². The minimum atomic E-state index is -0.365. The maximum atomic E-state index is 13.0. The average Bonchev–Trinajstić information content (AvgIpc) is 2.68. The van der Waals surface area contributed by atoms with Gasteiger partial charge in [-0.15, -0.1) is 0 Å². The fourth-order valence-electron chi connectivity index (χ4n) is 3.27. The zero-order valence-corrected chi connectivity index (χ0v) is 15.6. The molecule has 0 aliphatic carbocycles. The Bertz CT molecular complexity index is 828. The molecule has 2 amide bonds. The highest BCUT2D eigenvalue weighted by Gasteiger charge is 2.25. The summed E-state index contributed by atoms with van der Waals surface area (Å²) in [6.45, 7) is 3.90. The standard InChI is InChI=1S/C21H23FN2O3/c1-15-13-16(3-8-19(15)27-2)14-20(25)23-9-11-24(12-10-23)21(26)17-4-6-18(22)7-5-17/h3-8,13H,9-12,14H2,1-2H3. The van der Waals surface area contributed by atoms with Crippen molar-refractivity contribution in [3.63, 3.8) is 0 Å². The summed E-state index contributed by atoms with van der Waals surface area (Å²) in [5.41, 5.74) is 2.41. The Kier molecular flexibility index (Phi) is 5.74. The van der Waals surface area contributed by atoms with Crippen LogP contribution in [0.5, 0.6) is 5.75 Å². The van der Waals surface area contributed by atoms with Crippen molar-refractivity contribution < 1.29 is 18.7 Å². The lowest BCUT2D eigenvalue weighted by Crippen LogP contribution is -2.51. The number of halogens is 1. The third kappa shape index (κ3) is 4.45. The van der Waals surface area contributed by atoms with Crippen molar-refractivity contribution in [2.24, 2.45) is 0 Å². The summed E-state index contributed by atoms with van der Waals surface area (Å²) >= 11 is 0. The zero-order chi connectivity index (χ0) is 19.4. The van der Waals surface area contributed by atoms with Crippen LogP contribution >= 0.6 is 0 Å². The Morgan fingerprint density at radius 1 is 1.00 bits per heavy atom. The van der Waals surface area contributed by atoms with E-state index in [0.29, 0.717) is 38.2 Å². The predicted octanol–water partition coefficient (Wildman–Crippen LogP) is 2.67. The first-order valence-electron chi connectivity index (χ1n) is 8.94. The lowest BCUT2D eigenvalue weighted by Gasteiger charge is -2.35. The van der Waals surface area contributed by atoms with Gasteiger partial charge < -0.3 is 14.5 Å². The third-order valence-electron chi connectivity index (χ3n) is 4.83. The van der Waals surface area contributed by atoms with Crippen molar-refractivity contribution in [2.45, 2.75) is 13.3 Å². The van der Waals surface area contributed by atoms with E-state index >= 15 is 0 Å². The number of ether oxygens (including phenoxy) is 1. The molecule has 0 unspecified atom stereocenters. The molecule has 0 atom stereocenters. The number of benzene rings is 2. The maximum Gasteiger partial charge on any atom is 0.253 e. The molecule has 0 saturated carbocycles. The number of nitrogens with zero attached hydrogens (tertiary/aromatic N) is 2. The highest BCUT2D eigenvalue weighted by Crippen LogP contribution is 2.19. The fourth-order valence-corrected chi connectivity index (χ4v) is 3.27. The molecule has 0 radical (unpaired) electrons. The second-order valence-electron chi connectivity index (χ2n) is 6.66. The minimum absolute atomic E-state index is 0.0495. The van der Waals surface area contributed by atoms with Crippen LogP contribution in [-0.2, 0) is 11.2 Å². The topological polar surface area (TPSA) is 49.9 Å². The number of carbonyl (C=O) groups excluding carboxylic acids is 2. The van der Waals surface area contributed by atoms with E-state index in [0.717, 1.165) is 16.9 Å². The molecule has 1 aliphatic heterocycles. The summed E-state index contributed by atoms with van der Waals surface area (Å²) < 4.78 is 18.2. The molecule has 142 valence electrons. The Hall–Kier alpha value is -2.89. The highest BCUT2D eigenvalue weighted by molar-refractivity contribution is 5.94. The number of piperazine rings is 1. The molecule has 1 aliphatic rings. The summed E-state index contributed by atoms with van der Waals surface area (Å²) in [6.07, 6.45) is 0.330. The second kappa shape index (κ2) is 8.20. The van der Waals surface area contributed by atoms with E-state index < -0.39 is 0 Å². The fraction of sp³-hybridized carbons (Fsp3) is 0.333. The van der Waals surface area contributed by atoms with Crippen LogP contribution in [-0.4, -0.2) is 54.9 Å². The van der Waals surface area contributed by atoms with Crippen molar-refractivity contribution in [2.75, 3.05) is 33.3 Å². The Morgan fingerprint density at radius 2 is 1.63 bits per heavy atom. The number of aryl methyl sites for hydroxylation is 1. The molecule has 27 heavy (non-hydrogen) atoms. The molecule has 3 rings (SSSR count). The van der Waals surface area contributed by atoms with Gasteiger partial charge in [-0.1, -0.05) is 12.1 Å². The molecule has 0 aromatic heterocycles. The van der Waals surface area contributed by atoms with Crippen LogP contribution < -0.4 is 4.74 Å². The van der Waals surface area contributed by atoms with Gasteiger partial charge in [-0.2, -0.15) is 0 Å². The summed E-state index contributed by atoms with van der Waals surface area (Å²) in [4.78, 5) is 28.5. The first-order chi connectivity index (χ1) is 13.0. The molecule has 0 bridgehead atoms. The molecule has 5 nitrogen and oxygen atoms in total. The number of carbonyl (C=O) groups is 2. The average molecular weight is 370 g/mol. The first kappa shape index (κ1) is 18.9. The van der Waals surface area contributed by atoms with E-state index in [4.69, 9.17) is 4.74 Å². The van der Waals surface area contributed by atoms with E-state index in [1.165, 1.54) is 24.3 Å². The summed E-state index contributed by atoms with van der Waals surface area (Å²) in [5.74, 6) is 0.358. The van der Waals surface area contributed by atoms with Crippen molar-refractivity contribution in [1.29, 1.82) is 0 Å². The molecule has 0 N–H and O–H groups in total. The van der Waals surface area contributed by atoms with Gasteiger partial charge >= 0.3 is 0 Å². The molecule has 1 fully saturated rings. The summed E-state index contributed by atoms with van der Waals surface area (Å²) in [5, 5.41) is 0. The van der Waals surface area contributed by atoms with Gasteiger partial charge in [0.2, 0.25) is 5.91 Å². The monoisotopic (exact) mass is 370 g/mol. The maximum absolute atomic E-state index is 13.0. The predicted molar refractivity (Wildman–Crippen MR) is 100 cm³/mol. The number of hydrogen-bond donors (Lipinski definition) is 0. The van der Waals surface area contributed by atoms with Gasteiger partial charge in [0.1, 0.15) is 11.6 Å². The van der Waals surface area contributed by atoms with Crippen LogP contribution in [0.3, 0.4) is 0 Å². The van der Waals surface area contributed by atoms with Crippen LogP contribution in [0.25, 0.3) is 0 Å². The zero-order valence-electron chi connectivity index (χ0n) is 15.6. The van der Waals surface area contributed by atoms with E-state index in [-0.39, 0.29) is 17.6 Å². The number of hydrogen-bond acceptors (Lipinski definition) is 3. The Morgan fingerprint density at radius 3 is 2.22 bits per heavy atom. The number of methoxy groups -OCH3 is 1. The SMILES string of the molecule is COc1ccc(CC(=O)N2CCN(C(=O)c3ccc(F)cc3)CC2)cc1C. The van der Waals surface area contributed by atoms with Crippen LogP contribution in [0, 0.1) is 12.7 Å². The molecule has 2 aromatic carbocycles. The molecule has 2 aromatic rings. The normalized spacial score (nSPS) is 14.2. The van der Waals surface area contributed by atoms with E-state index in [9.17, 15) is 14.0 Å². The lowest BCUT2D eigenvalue weighted by molar-refractivity contribution is -0.131. The highest BCUT2D eigenvalue weighted by atomic mass is 19.1. The van der Waals surface area contributed by atoms with E-state index in [1.54, 1.807) is 16.9 Å². The van der Waals surface area contributed by atoms with Gasteiger partial charge in [-0.3, -0.25) is 9.59 Å². The quantitative estimate of drug-likeness (QED) is 0.831. The van der Waals surface area contributed by atoms with Gasteiger partial charge in [-0.05, 0) is 48.4 Å². The van der Waals surface area contributed by atoms with Crippen LogP contribution in [0.2, 0.25) is 0 Å². The van der Waals surface area contributed by atoms with Crippen LogP contribution in [0.15, 0.2) is 42.5 Å². The molecular weight excluding hydrogens is 347 g/mol. The van der Waals surface area contributed by atoms with Crippen molar-refractivity contribution in [3.05, 3.63) is 65.0 Å². The Balaban J connectivity index is 1.55. The second-order valence-corrected chi connectivity index (χ2v) is 6.66. The number of amides is 2. The third-order valence-corrected chi connectivity index (χ3v) is 4.83. The molecule has 6 heteroatoms. The lowest BCUT2D eigenvalue weighted by atomic mass is 10.1. The summed E-state index contributed by atoms with van der Waals surface area (Å²) in [6, 6.07) is 11.3. The van der Waals surface area contributed by atoms with Crippen molar-refractivity contribution >= 4 is 11.8 Å². The number of rotatable bonds is 4. The van der Waals surface area contributed by atoms with Gasteiger partial charge in [0.25, 0.3) is 5.91 Å². The Labute approximate surface area is 158 Å². The van der Waals surface area contributed by atoms with Gasteiger partial charge in [-0.25, -0.2) is 4.39 Å². The largest absolute Gasteiger partial charge is 0.496 e. The molecular formula is C21H23FN2O3. The van der Waals surface area contributed by atoms with Gasteiger partial charge in [0.15, 0.2) is 0 Å².